The van der Waals surface area contributed by atoms with E-state index in [9.17, 15) is 4.39 Å². The lowest BCUT2D eigenvalue weighted by Gasteiger charge is -2.25. The van der Waals surface area contributed by atoms with E-state index in [1.165, 1.54) is 28.7 Å². The van der Waals surface area contributed by atoms with Gasteiger partial charge in [0.05, 0.1) is 6.26 Å². The van der Waals surface area contributed by atoms with Gasteiger partial charge in [0.15, 0.2) is 0 Å². The Balaban J connectivity index is 1.39. The van der Waals surface area contributed by atoms with Crippen LogP contribution >= 0.6 is 0 Å². The topological polar surface area (TPSA) is 16.4 Å². The summed E-state index contributed by atoms with van der Waals surface area (Å²) in [5.41, 5.74) is 4.55. The molecule has 0 aliphatic carbocycles. The van der Waals surface area contributed by atoms with Crippen LogP contribution in [0.2, 0.25) is 0 Å². The van der Waals surface area contributed by atoms with Gasteiger partial charge in [0, 0.05) is 30.6 Å². The van der Waals surface area contributed by atoms with E-state index < -0.39 is 0 Å². The molecule has 1 aliphatic heterocycles. The summed E-state index contributed by atoms with van der Waals surface area (Å²) in [5, 5.41) is 1.20. The monoisotopic (exact) mass is 333 g/mol. The zero-order valence-corrected chi connectivity index (χ0v) is 14.0. The molecule has 2 aromatic carbocycles. The Morgan fingerprint density at radius 2 is 1.88 bits per heavy atom. The molecule has 0 fully saturated rings. The van der Waals surface area contributed by atoms with Crippen LogP contribution in [0.5, 0.6) is 0 Å². The number of allylic oxidation sites excluding steroid dienone is 1. The Labute approximate surface area is 146 Å². The summed E-state index contributed by atoms with van der Waals surface area (Å²) >= 11 is 0. The summed E-state index contributed by atoms with van der Waals surface area (Å²) in [6.07, 6.45) is 9.35. The average Bonchev–Trinajstić information content (AvgIpc) is 3.06. The summed E-state index contributed by atoms with van der Waals surface area (Å²) in [6.45, 7) is 2.87. The van der Waals surface area contributed by atoms with E-state index in [2.05, 4.69) is 29.2 Å². The summed E-state index contributed by atoms with van der Waals surface area (Å²) in [7, 11) is 0. The van der Waals surface area contributed by atoms with Gasteiger partial charge in [-0.15, -0.1) is 0 Å². The molecule has 4 rings (SSSR count). The van der Waals surface area contributed by atoms with Crippen LogP contribution in [0, 0.1) is 5.82 Å². The number of nitrogens with zero attached hydrogens (tertiary/aromatic N) is 1. The number of rotatable bonds is 4. The fourth-order valence-electron chi connectivity index (χ4n) is 3.20. The lowest BCUT2D eigenvalue weighted by Crippen LogP contribution is -2.27. The van der Waals surface area contributed by atoms with Crippen molar-refractivity contribution in [1.82, 2.24) is 4.90 Å². The molecule has 2 nitrogen and oxygen atoms in total. The van der Waals surface area contributed by atoms with Crippen LogP contribution in [0.15, 0.2) is 76.9 Å². The molecule has 0 saturated heterocycles. The molecule has 0 spiro atoms. The zero-order chi connectivity index (χ0) is 17.1. The van der Waals surface area contributed by atoms with Gasteiger partial charge in [-0.3, -0.25) is 4.90 Å². The normalized spacial score (nSPS) is 15.8. The number of fused-ring (bicyclic) bond motifs is 1. The standard InChI is InChI=1S/C22H20FNO/c23-20-9-7-17(8-10-20)5-6-18-11-13-24(14-12-18)15-19-16-25-22-4-2-1-3-21(19)22/h1-11,16H,12-15H2/b6-5+. The molecule has 0 bridgehead atoms. The van der Waals surface area contributed by atoms with E-state index in [-0.39, 0.29) is 5.82 Å². The average molecular weight is 333 g/mol. The maximum Gasteiger partial charge on any atom is 0.134 e. The highest BCUT2D eigenvalue weighted by Crippen LogP contribution is 2.23. The molecule has 0 radical (unpaired) electrons. The Bertz CT molecular complexity index is 921. The third-order valence-electron chi connectivity index (χ3n) is 4.64. The quantitative estimate of drug-likeness (QED) is 0.634. The molecule has 3 heteroatoms. The lowest BCUT2D eigenvalue weighted by atomic mass is 10.1. The van der Waals surface area contributed by atoms with Crippen LogP contribution < -0.4 is 0 Å². The Morgan fingerprint density at radius 3 is 2.68 bits per heavy atom. The van der Waals surface area contributed by atoms with Gasteiger partial charge in [0.2, 0.25) is 0 Å². The first-order valence-corrected chi connectivity index (χ1v) is 8.58. The van der Waals surface area contributed by atoms with Gasteiger partial charge in [-0.25, -0.2) is 4.39 Å². The molecule has 1 aliphatic rings. The van der Waals surface area contributed by atoms with E-state index in [0.29, 0.717) is 0 Å². The first kappa shape index (κ1) is 15.9. The summed E-state index contributed by atoms with van der Waals surface area (Å²) in [6, 6.07) is 14.8. The molecule has 0 N–H and O–H groups in total. The van der Waals surface area contributed by atoms with Gasteiger partial charge < -0.3 is 4.42 Å². The van der Waals surface area contributed by atoms with Gasteiger partial charge >= 0.3 is 0 Å². The van der Waals surface area contributed by atoms with Gasteiger partial charge in [-0.05, 0) is 35.8 Å². The van der Waals surface area contributed by atoms with Crippen molar-refractivity contribution in [3.05, 3.63) is 89.5 Å². The second-order valence-electron chi connectivity index (χ2n) is 6.41. The SMILES string of the molecule is Fc1ccc(/C=C/C2=CCN(Cc3coc4ccccc34)CC2)cc1. The minimum atomic E-state index is -0.198. The second kappa shape index (κ2) is 7.08. The summed E-state index contributed by atoms with van der Waals surface area (Å²) in [5.74, 6) is -0.198. The van der Waals surface area contributed by atoms with Crippen molar-refractivity contribution in [3.63, 3.8) is 0 Å². The van der Waals surface area contributed by atoms with Crippen molar-refractivity contribution in [2.24, 2.45) is 0 Å². The van der Waals surface area contributed by atoms with Crippen molar-refractivity contribution < 1.29 is 8.81 Å². The highest BCUT2D eigenvalue weighted by atomic mass is 19.1. The van der Waals surface area contributed by atoms with Crippen molar-refractivity contribution in [2.45, 2.75) is 13.0 Å². The van der Waals surface area contributed by atoms with Crippen molar-refractivity contribution in [2.75, 3.05) is 13.1 Å². The van der Waals surface area contributed by atoms with E-state index in [1.54, 1.807) is 12.1 Å². The molecular formula is C22H20FNO. The summed E-state index contributed by atoms with van der Waals surface area (Å²) in [4.78, 5) is 2.42. The van der Waals surface area contributed by atoms with Crippen molar-refractivity contribution >= 4 is 17.0 Å². The molecule has 0 unspecified atom stereocenters. The third-order valence-corrected chi connectivity index (χ3v) is 4.64. The maximum absolute atomic E-state index is 12.9. The van der Waals surface area contributed by atoms with E-state index in [4.69, 9.17) is 4.42 Å². The van der Waals surface area contributed by atoms with Crippen LogP contribution in [-0.4, -0.2) is 18.0 Å². The molecule has 3 aromatic rings. The number of hydrogen-bond donors (Lipinski definition) is 0. The fraction of sp³-hybridized carbons (Fsp3) is 0.182. The van der Waals surface area contributed by atoms with Gasteiger partial charge in [-0.1, -0.05) is 48.6 Å². The minimum Gasteiger partial charge on any atom is -0.464 e. The largest absolute Gasteiger partial charge is 0.464 e. The highest BCUT2D eigenvalue weighted by Gasteiger charge is 2.13. The first-order valence-electron chi connectivity index (χ1n) is 8.58. The van der Waals surface area contributed by atoms with Crippen LogP contribution in [0.25, 0.3) is 17.0 Å². The maximum atomic E-state index is 12.9. The molecule has 2 heterocycles. The van der Waals surface area contributed by atoms with Crippen LogP contribution in [0.1, 0.15) is 17.5 Å². The van der Waals surface area contributed by atoms with Gasteiger partial charge in [-0.2, -0.15) is 0 Å². The van der Waals surface area contributed by atoms with Gasteiger partial charge in [0.25, 0.3) is 0 Å². The molecule has 126 valence electrons. The Hall–Kier alpha value is -2.65. The first-order chi connectivity index (χ1) is 12.3. The Morgan fingerprint density at radius 1 is 1.04 bits per heavy atom. The molecule has 0 atom stereocenters. The van der Waals surface area contributed by atoms with Crippen LogP contribution in [0.3, 0.4) is 0 Å². The zero-order valence-electron chi connectivity index (χ0n) is 14.0. The second-order valence-corrected chi connectivity index (χ2v) is 6.41. The number of halogens is 1. The predicted octanol–water partition coefficient (Wildman–Crippen LogP) is 5.42. The van der Waals surface area contributed by atoms with E-state index >= 15 is 0 Å². The van der Waals surface area contributed by atoms with Crippen molar-refractivity contribution in [3.8, 4) is 0 Å². The molecule has 1 aromatic heterocycles. The molecule has 25 heavy (non-hydrogen) atoms. The Kier molecular flexibility index (Phi) is 4.49. The summed E-state index contributed by atoms with van der Waals surface area (Å²) < 4.78 is 18.6. The third kappa shape index (κ3) is 3.72. The number of benzene rings is 2. The fourth-order valence-corrected chi connectivity index (χ4v) is 3.20. The highest BCUT2D eigenvalue weighted by molar-refractivity contribution is 5.80. The smallest absolute Gasteiger partial charge is 0.134 e. The number of furan rings is 1. The number of hydrogen-bond acceptors (Lipinski definition) is 2. The van der Waals surface area contributed by atoms with E-state index in [0.717, 1.165) is 37.2 Å². The van der Waals surface area contributed by atoms with E-state index in [1.807, 2.05) is 24.5 Å². The minimum absolute atomic E-state index is 0.198. The molecular weight excluding hydrogens is 313 g/mol. The van der Waals surface area contributed by atoms with Crippen LogP contribution in [0.4, 0.5) is 4.39 Å². The predicted molar refractivity (Wildman–Crippen MR) is 99.6 cm³/mol. The molecule has 0 saturated carbocycles. The lowest BCUT2D eigenvalue weighted by molar-refractivity contribution is 0.287. The number of para-hydroxylation sites is 1. The van der Waals surface area contributed by atoms with Crippen LogP contribution in [-0.2, 0) is 6.54 Å². The van der Waals surface area contributed by atoms with Gasteiger partial charge in [0.1, 0.15) is 11.4 Å². The van der Waals surface area contributed by atoms with Crippen molar-refractivity contribution in [1.29, 1.82) is 0 Å². The molecule has 0 amide bonds.